The van der Waals surface area contributed by atoms with Crippen molar-refractivity contribution >= 4 is 17.9 Å². The number of hydrogen-bond donors (Lipinski definition) is 0. The largest absolute Gasteiger partial charge is 0.462 e. The second kappa shape index (κ2) is 68.1. The molecular formula is C73H136O6. The molecule has 0 rings (SSSR count). The molecule has 0 aliphatic rings. The van der Waals surface area contributed by atoms with Crippen molar-refractivity contribution in [2.45, 2.75) is 399 Å². The third-order valence-corrected chi connectivity index (χ3v) is 16.1. The van der Waals surface area contributed by atoms with Gasteiger partial charge in [-0.2, -0.15) is 0 Å². The van der Waals surface area contributed by atoms with Gasteiger partial charge in [-0.25, -0.2) is 0 Å². The highest BCUT2D eigenvalue weighted by Gasteiger charge is 2.19. The summed E-state index contributed by atoms with van der Waals surface area (Å²) in [7, 11) is 0. The lowest BCUT2D eigenvalue weighted by molar-refractivity contribution is -0.167. The summed E-state index contributed by atoms with van der Waals surface area (Å²) in [6.07, 6.45) is 84.6. The Morgan fingerprint density at radius 3 is 0.722 bits per heavy atom. The summed E-state index contributed by atoms with van der Waals surface area (Å²) < 4.78 is 17.0. The van der Waals surface area contributed by atoms with Crippen LogP contribution in [0.5, 0.6) is 0 Å². The average molecular weight is 1110 g/mol. The first-order valence-corrected chi connectivity index (χ1v) is 35.5. The summed E-state index contributed by atoms with van der Waals surface area (Å²) >= 11 is 0. The molecule has 0 aliphatic carbocycles. The minimum absolute atomic E-state index is 0.0707. The molecule has 0 saturated carbocycles. The van der Waals surface area contributed by atoms with Crippen molar-refractivity contribution < 1.29 is 28.6 Å². The molecule has 0 spiro atoms. The Morgan fingerprint density at radius 2 is 0.456 bits per heavy atom. The molecule has 79 heavy (non-hydrogen) atoms. The van der Waals surface area contributed by atoms with Gasteiger partial charge in [0.2, 0.25) is 0 Å². The zero-order chi connectivity index (χ0) is 57.1. The molecule has 0 fully saturated rings. The highest BCUT2D eigenvalue weighted by molar-refractivity contribution is 5.71. The van der Waals surface area contributed by atoms with Gasteiger partial charge < -0.3 is 14.2 Å². The molecule has 0 heterocycles. The van der Waals surface area contributed by atoms with Crippen molar-refractivity contribution in [3.05, 3.63) is 36.5 Å². The minimum atomic E-state index is -0.775. The van der Waals surface area contributed by atoms with Gasteiger partial charge >= 0.3 is 17.9 Å². The van der Waals surface area contributed by atoms with Gasteiger partial charge in [-0.3, -0.25) is 14.4 Å². The van der Waals surface area contributed by atoms with Crippen LogP contribution in [0.4, 0.5) is 0 Å². The van der Waals surface area contributed by atoms with Crippen molar-refractivity contribution in [2.24, 2.45) is 0 Å². The van der Waals surface area contributed by atoms with Crippen LogP contribution < -0.4 is 0 Å². The molecule has 0 N–H and O–H groups in total. The van der Waals surface area contributed by atoms with E-state index in [1.165, 1.54) is 283 Å². The summed E-state index contributed by atoms with van der Waals surface area (Å²) in [6.45, 7) is 6.68. The predicted molar refractivity (Wildman–Crippen MR) is 344 cm³/mol. The van der Waals surface area contributed by atoms with Crippen LogP contribution in [0.15, 0.2) is 36.5 Å². The van der Waals surface area contributed by atoms with Crippen LogP contribution in [0.2, 0.25) is 0 Å². The Morgan fingerprint density at radius 1 is 0.253 bits per heavy atom. The van der Waals surface area contributed by atoms with Gasteiger partial charge in [0, 0.05) is 19.3 Å². The van der Waals surface area contributed by atoms with Gasteiger partial charge in [0.15, 0.2) is 6.10 Å². The highest BCUT2D eigenvalue weighted by Crippen LogP contribution is 2.18. The molecule has 0 saturated heterocycles. The summed E-state index contributed by atoms with van der Waals surface area (Å²) in [6, 6.07) is 0. The van der Waals surface area contributed by atoms with Crippen LogP contribution in [-0.2, 0) is 28.6 Å². The normalized spacial score (nSPS) is 12.2. The third kappa shape index (κ3) is 66.3. The lowest BCUT2D eigenvalue weighted by atomic mass is 10.0. The molecule has 0 amide bonds. The highest BCUT2D eigenvalue weighted by atomic mass is 16.6. The lowest BCUT2D eigenvalue weighted by Gasteiger charge is -2.18. The maximum absolute atomic E-state index is 12.9. The van der Waals surface area contributed by atoms with Crippen molar-refractivity contribution in [3.8, 4) is 0 Å². The maximum Gasteiger partial charge on any atom is 0.306 e. The molecule has 0 aliphatic heterocycles. The number of carbonyl (C=O) groups excluding carboxylic acids is 3. The summed E-state index contributed by atoms with van der Waals surface area (Å²) in [5, 5.41) is 0. The van der Waals surface area contributed by atoms with Crippen molar-refractivity contribution in [1.82, 2.24) is 0 Å². The minimum Gasteiger partial charge on any atom is -0.462 e. The molecule has 1 unspecified atom stereocenters. The molecule has 0 aromatic carbocycles. The summed E-state index contributed by atoms with van der Waals surface area (Å²) in [4.78, 5) is 38.4. The van der Waals surface area contributed by atoms with E-state index in [9.17, 15) is 14.4 Å². The Kier molecular flexibility index (Phi) is 66.1. The van der Waals surface area contributed by atoms with E-state index in [0.717, 1.165) is 70.6 Å². The summed E-state index contributed by atoms with van der Waals surface area (Å²) in [5.74, 6) is -0.854. The topological polar surface area (TPSA) is 78.9 Å². The SMILES string of the molecule is CCCCCC/C=C\CCCCCCCC(=O)OCC(COC(=O)CCCCCCCCCCCCCCCCCCCCCCCCCCC)OC(=O)CCCCCCCCCCCCC/C=C\C/C=C\CCCCCCC. The molecular weight excluding hydrogens is 973 g/mol. The van der Waals surface area contributed by atoms with Crippen molar-refractivity contribution in [2.75, 3.05) is 13.2 Å². The van der Waals surface area contributed by atoms with Gasteiger partial charge in [0.25, 0.3) is 0 Å². The monoisotopic (exact) mass is 1110 g/mol. The molecule has 0 radical (unpaired) electrons. The molecule has 1 atom stereocenters. The number of ether oxygens (including phenoxy) is 3. The van der Waals surface area contributed by atoms with E-state index < -0.39 is 6.10 Å². The fourth-order valence-electron chi connectivity index (χ4n) is 10.8. The second-order valence-electron chi connectivity index (χ2n) is 24.1. The van der Waals surface area contributed by atoms with Crippen LogP contribution in [0.25, 0.3) is 0 Å². The maximum atomic E-state index is 12.9. The molecule has 0 aromatic heterocycles. The Hall–Kier alpha value is -2.37. The van der Waals surface area contributed by atoms with Crippen molar-refractivity contribution in [1.29, 1.82) is 0 Å². The number of allylic oxidation sites excluding steroid dienone is 6. The van der Waals surface area contributed by atoms with E-state index >= 15 is 0 Å². The predicted octanol–water partition coefficient (Wildman–Crippen LogP) is 24.3. The molecule has 0 aromatic rings. The van der Waals surface area contributed by atoms with Crippen molar-refractivity contribution in [3.63, 3.8) is 0 Å². The van der Waals surface area contributed by atoms with E-state index in [1.54, 1.807) is 0 Å². The number of hydrogen-bond acceptors (Lipinski definition) is 6. The van der Waals surface area contributed by atoms with E-state index in [-0.39, 0.29) is 31.1 Å². The number of unbranched alkanes of at least 4 members (excludes halogenated alkanes) is 49. The summed E-state index contributed by atoms with van der Waals surface area (Å²) in [5.41, 5.74) is 0. The van der Waals surface area contributed by atoms with Gasteiger partial charge in [-0.15, -0.1) is 0 Å². The first kappa shape index (κ1) is 76.6. The standard InChI is InChI=1S/C73H136O6/c1-4-7-10-13-16-19-22-25-27-29-31-33-35-36-38-39-41-43-45-48-51-54-57-60-63-66-72(75)78-69-70(68-77-71(74)65-62-59-56-53-50-47-24-21-18-15-12-9-6-3)79-73(76)67-64-61-58-55-52-49-46-44-42-40-37-34-32-30-28-26-23-20-17-14-11-8-5-2/h21,23-24,26,30,32,70H,4-20,22,25,27-29,31,33-69H2,1-3H3/b24-21-,26-23-,32-30-. The van der Waals surface area contributed by atoms with Gasteiger partial charge in [0.05, 0.1) is 0 Å². The number of esters is 3. The first-order valence-electron chi connectivity index (χ1n) is 35.5. The van der Waals surface area contributed by atoms with E-state index in [1.807, 2.05) is 0 Å². The van der Waals surface area contributed by atoms with Crippen LogP contribution in [0.3, 0.4) is 0 Å². The first-order chi connectivity index (χ1) is 39.0. The molecule has 0 bridgehead atoms. The third-order valence-electron chi connectivity index (χ3n) is 16.1. The van der Waals surface area contributed by atoms with E-state index in [0.29, 0.717) is 19.3 Å². The quantitative estimate of drug-likeness (QED) is 0.0261. The smallest absolute Gasteiger partial charge is 0.306 e. The van der Waals surface area contributed by atoms with Crippen LogP contribution >= 0.6 is 0 Å². The Balaban J connectivity index is 4.23. The fourth-order valence-corrected chi connectivity index (χ4v) is 10.8. The molecule has 6 heteroatoms. The van der Waals surface area contributed by atoms with E-state index in [2.05, 4.69) is 57.2 Å². The van der Waals surface area contributed by atoms with Crippen LogP contribution in [-0.4, -0.2) is 37.2 Å². The molecule has 464 valence electrons. The van der Waals surface area contributed by atoms with Gasteiger partial charge in [-0.05, 0) is 77.0 Å². The lowest BCUT2D eigenvalue weighted by Crippen LogP contribution is -2.30. The van der Waals surface area contributed by atoms with Gasteiger partial charge in [-0.1, -0.05) is 333 Å². The number of carbonyl (C=O) groups is 3. The zero-order valence-corrected chi connectivity index (χ0v) is 53.4. The van der Waals surface area contributed by atoms with Gasteiger partial charge in [0.1, 0.15) is 13.2 Å². The number of rotatable bonds is 66. The van der Waals surface area contributed by atoms with Crippen LogP contribution in [0.1, 0.15) is 393 Å². The second-order valence-corrected chi connectivity index (χ2v) is 24.1. The van der Waals surface area contributed by atoms with E-state index in [4.69, 9.17) is 14.2 Å². The molecule has 6 nitrogen and oxygen atoms in total. The average Bonchev–Trinajstić information content (AvgIpc) is 3.45. The fraction of sp³-hybridized carbons (Fsp3) is 0.877. The zero-order valence-electron chi connectivity index (χ0n) is 53.4. The Labute approximate surface area is 493 Å². The van der Waals surface area contributed by atoms with Crippen LogP contribution in [0, 0.1) is 0 Å². The Bertz CT molecular complexity index is 1320.